The van der Waals surface area contributed by atoms with E-state index >= 15 is 0 Å². The van der Waals surface area contributed by atoms with Crippen LogP contribution in [0.2, 0.25) is 0 Å². The SMILES string of the molecule is Cn1c2ccncc2c2ccc(Nc3ccnc(SF)c3)nc21. The van der Waals surface area contributed by atoms with Crippen LogP contribution in [0.15, 0.2) is 53.9 Å². The highest BCUT2D eigenvalue weighted by molar-refractivity contribution is 7.94. The molecule has 0 bridgehead atoms. The van der Waals surface area contributed by atoms with Crippen molar-refractivity contribution in [3.8, 4) is 0 Å². The van der Waals surface area contributed by atoms with E-state index < -0.39 is 0 Å². The van der Waals surface area contributed by atoms with E-state index in [2.05, 4.69) is 20.3 Å². The summed E-state index contributed by atoms with van der Waals surface area (Å²) in [6, 6.07) is 9.30. The lowest BCUT2D eigenvalue weighted by Crippen LogP contribution is -1.96. The molecule has 0 saturated heterocycles. The highest BCUT2D eigenvalue weighted by atomic mass is 32.2. The van der Waals surface area contributed by atoms with E-state index in [4.69, 9.17) is 0 Å². The summed E-state index contributed by atoms with van der Waals surface area (Å²) in [6.07, 6.45) is 5.18. The van der Waals surface area contributed by atoms with E-state index in [-0.39, 0.29) is 12.1 Å². The molecule has 5 nitrogen and oxygen atoms in total. The van der Waals surface area contributed by atoms with E-state index in [9.17, 15) is 3.89 Å². The summed E-state index contributed by atoms with van der Waals surface area (Å²) in [7, 11) is 1.98. The summed E-state index contributed by atoms with van der Waals surface area (Å²) >= 11 is 0.119. The van der Waals surface area contributed by atoms with Crippen LogP contribution in [0.5, 0.6) is 0 Å². The van der Waals surface area contributed by atoms with Gasteiger partial charge in [-0.2, -0.15) is 3.89 Å². The van der Waals surface area contributed by atoms with Crippen molar-refractivity contribution in [2.75, 3.05) is 5.32 Å². The molecule has 0 atom stereocenters. The molecule has 0 aliphatic rings. The quantitative estimate of drug-likeness (QED) is 0.610. The number of anilines is 2. The number of rotatable bonds is 3. The predicted octanol–water partition coefficient (Wildman–Crippen LogP) is 4.24. The minimum absolute atomic E-state index is 0.119. The van der Waals surface area contributed by atoms with Gasteiger partial charge in [0, 0.05) is 42.1 Å². The molecule has 4 aromatic heterocycles. The van der Waals surface area contributed by atoms with Crippen molar-refractivity contribution >= 4 is 45.6 Å². The Morgan fingerprint density at radius 1 is 1.13 bits per heavy atom. The summed E-state index contributed by atoms with van der Waals surface area (Å²) in [5.74, 6) is 0.692. The maximum Gasteiger partial charge on any atom is 0.143 e. The predicted molar refractivity (Wildman–Crippen MR) is 90.5 cm³/mol. The molecule has 23 heavy (non-hydrogen) atoms. The second kappa shape index (κ2) is 5.51. The molecule has 7 heteroatoms. The average Bonchev–Trinajstić information content (AvgIpc) is 2.88. The van der Waals surface area contributed by atoms with Gasteiger partial charge in [-0.1, -0.05) is 0 Å². The van der Waals surface area contributed by atoms with Gasteiger partial charge < -0.3 is 9.88 Å². The number of hydrogen-bond acceptors (Lipinski definition) is 5. The fraction of sp³-hybridized carbons (Fsp3) is 0.0625. The van der Waals surface area contributed by atoms with Crippen LogP contribution in [0.4, 0.5) is 15.4 Å². The number of nitrogens with one attached hydrogen (secondary N) is 1. The molecule has 4 rings (SSSR count). The first-order valence-corrected chi connectivity index (χ1v) is 7.69. The molecule has 0 fully saturated rings. The molecule has 1 N–H and O–H groups in total. The number of aromatic nitrogens is 4. The summed E-state index contributed by atoms with van der Waals surface area (Å²) in [6.45, 7) is 0. The Kier molecular flexibility index (Phi) is 3.34. The van der Waals surface area contributed by atoms with Crippen LogP contribution in [0, 0.1) is 0 Å². The standard InChI is InChI=1S/C16H12FN5S/c1-22-13-5-6-18-9-12(13)11-2-3-14(21-16(11)22)20-10-4-7-19-15(8-10)23-17/h2-9H,1H3,(H,19,20,21). The number of nitrogens with zero attached hydrogens (tertiary/aromatic N) is 4. The van der Waals surface area contributed by atoms with Crippen molar-refractivity contribution in [1.29, 1.82) is 0 Å². The third kappa shape index (κ3) is 2.39. The topological polar surface area (TPSA) is 55.6 Å². The van der Waals surface area contributed by atoms with Crippen molar-refractivity contribution in [2.24, 2.45) is 7.05 Å². The van der Waals surface area contributed by atoms with Gasteiger partial charge in [-0.05, 0) is 30.3 Å². The van der Waals surface area contributed by atoms with E-state index in [1.807, 2.05) is 36.0 Å². The first-order valence-electron chi connectivity index (χ1n) is 6.97. The molecule has 0 radical (unpaired) electrons. The third-order valence-corrected chi connectivity index (χ3v) is 4.11. The molecule has 0 amide bonds. The van der Waals surface area contributed by atoms with Crippen LogP contribution >= 0.6 is 12.1 Å². The van der Waals surface area contributed by atoms with Gasteiger partial charge in [0.1, 0.15) is 28.6 Å². The molecule has 0 spiro atoms. The fourth-order valence-electron chi connectivity index (χ4n) is 2.66. The number of aryl methyl sites for hydroxylation is 1. The van der Waals surface area contributed by atoms with Crippen molar-refractivity contribution in [1.82, 2.24) is 19.5 Å². The molecule has 114 valence electrons. The zero-order valence-corrected chi connectivity index (χ0v) is 13.0. The fourth-order valence-corrected chi connectivity index (χ4v) is 2.93. The first-order chi connectivity index (χ1) is 11.3. The van der Waals surface area contributed by atoms with Gasteiger partial charge in [-0.3, -0.25) is 4.98 Å². The van der Waals surface area contributed by atoms with Crippen molar-refractivity contribution in [3.63, 3.8) is 0 Å². The van der Waals surface area contributed by atoms with Gasteiger partial charge in [0.05, 0.1) is 5.52 Å². The number of pyridine rings is 3. The highest BCUT2D eigenvalue weighted by Gasteiger charge is 2.10. The van der Waals surface area contributed by atoms with Gasteiger partial charge in [0.2, 0.25) is 0 Å². The van der Waals surface area contributed by atoms with Crippen molar-refractivity contribution in [2.45, 2.75) is 5.03 Å². The third-order valence-electron chi connectivity index (χ3n) is 3.73. The zero-order chi connectivity index (χ0) is 15.8. The molecule has 0 unspecified atom stereocenters. The lowest BCUT2D eigenvalue weighted by atomic mass is 10.2. The first kappa shape index (κ1) is 14.0. The van der Waals surface area contributed by atoms with Crippen LogP contribution < -0.4 is 5.32 Å². The molecule has 4 aromatic rings. The van der Waals surface area contributed by atoms with E-state index in [1.165, 1.54) is 0 Å². The summed E-state index contributed by atoms with van der Waals surface area (Å²) in [5.41, 5.74) is 2.69. The molecular weight excluding hydrogens is 313 g/mol. The largest absolute Gasteiger partial charge is 0.340 e. The summed E-state index contributed by atoms with van der Waals surface area (Å²) in [5, 5.41) is 5.62. The minimum Gasteiger partial charge on any atom is -0.340 e. The summed E-state index contributed by atoms with van der Waals surface area (Å²) in [4.78, 5) is 12.8. The minimum atomic E-state index is 0.119. The van der Waals surface area contributed by atoms with E-state index in [0.717, 1.165) is 27.6 Å². The monoisotopic (exact) mass is 325 g/mol. The van der Waals surface area contributed by atoms with Gasteiger partial charge in [-0.25, -0.2) is 9.97 Å². The summed E-state index contributed by atoms with van der Waals surface area (Å²) < 4.78 is 14.7. The molecular formula is C16H12FN5S. The van der Waals surface area contributed by atoms with Crippen LogP contribution in [0.1, 0.15) is 0 Å². The Morgan fingerprint density at radius 2 is 2.04 bits per heavy atom. The smallest absolute Gasteiger partial charge is 0.143 e. The molecule has 0 aliphatic heterocycles. The Bertz CT molecular complexity index is 1010. The van der Waals surface area contributed by atoms with Crippen molar-refractivity contribution in [3.05, 3.63) is 48.9 Å². The Morgan fingerprint density at radius 3 is 2.91 bits per heavy atom. The molecule has 0 aromatic carbocycles. The normalized spacial score (nSPS) is 11.2. The van der Waals surface area contributed by atoms with E-state index in [1.54, 1.807) is 24.5 Å². The van der Waals surface area contributed by atoms with Gasteiger partial charge >= 0.3 is 0 Å². The second-order valence-electron chi connectivity index (χ2n) is 5.10. The lowest BCUT2D eigenvalue weighted by Gasteiger charge is -2.06. The number of hydrogen-bond donors (Lipinski definition) is 1. The van der Waals surface area contributed by atoms with Gasteiger partial charge in [-0.15, -0.1) is 0 Å². The maximum absolute atomic E-state index is 12.6. The van der Waals surface area contributed by atoms with Crippen LogP contribution in [0.3, 0.4) is 0 Å². The van der Waals surface area contributed by atoms with Crippen LogP contribution in [0.25, 0.3) is 21.9 Å². The van der Waals surface area contributed by atoms with Crippen molar-refractivity contribution < 1.29 is 3.89 Å². The number of fused-ring (bicyclic) bond motifs is 3. The average molecular weight is 325 g/mol. The van der Waals surface area contributed by atoms with Gasteiger partial charge in [0.25, 0.3) is 0 Å². The highest BCUT2D eigenvalue weighted by Crippen LogP contribution is 2.28. The Labute approximate surface area is 135 Å². The molecule has 4 heterocycles. The van der Waals surface area contributed by atoms with Crippen LogP contribution in [-0.4, -0.2) is 19.5 Å². The molecule has 0 saturated carbocycles. The zero-order valence-electron chi connectivity index (χ0n) is 12.2. The van der Waals surface area contributed by atoms with E-state index in [0.29, 0.717) is 10.8 Å². The maximum atomic E-state index is 12.6. The molecule has 0 aliphatic carbocycles. The lowest BCUT2D eigenvalue weighted by molar-refractivity contribution is 0.919. The Balaban J connectivity index is 1.79. The Hall–Kier alpha value is -2.67. The van der Waals surface area contributed by atoms with Gasteiger partial charge in [0.15, 0.2) is 0 Å². The van der Waals surface area contributed by atoms with Crippen LogP contribution in [-0.2, 0) is 7.05 Å². The second-order valence-corrected chi connectivity index (χ2v) is 5.68. The number of halogens is 1.